The molecule has 0 amide bonds. The van der Waals surface area contributed by atoms with Crippen LogP contribution in [0.25, 0.3) is 5.65 Å². The van der Waals surface area contributed by atoms with Gasteiger partial charge in [-0.3, -0.25) is 4.40 Å². The first-order chi connectivity index (χ1) is 7.02. The van der Waals surface area contributed by atoms with Crippen molar-refractivity contribution >= 4 is 11.6 Å². The number of carboxylic acid groups (broad SMARTS) is 1. The monoisotopic (exact) mass is 204 g/mol. The fourth-order valence-corrected chi connectivity index (χ4v) is 1.70. The smallest absolute Gasteiger partial charge is 0.354 e. The van der Waals surface area contributed by atoms with Crippen LogP contribution in [0.4, 0.5) is 0 Å². The number of rotatable bonds is 1. The van der Waals surface area contributed by atoms with Crippen LogP contribution in [0.5, 0.6) is 0 Å². The highest BCUT2D eigenvalue weighted by atomic mass is 16.4. The van der Waals surface area contributed by atoms with Gasteiger partial charge in [0, 0.05) is 6.20 Å². The van der Waals surface area contributed by atoms with Crippen molar-refractivity contribution in [2.45, 2.75) is 20.8 Å². The molecule has 0 aliphatic rings. The second-order valence-corrected chi connectivity index (χ2v) is 3.67. The lowest BCUT2D eigenvalue weighted by Crippen LogP contribution is -2.03. The Bertz CT molecular complexity index is 555. The van der Waals surface area contributed by atoms with Gasteiger partial charge in [-0.25, -0.2) is 9.78 Å². The van der Waals surface area contributed by atoms with Crippen molar-refractivity contribution in [1.82, 2.24) is 9.38 Å². The van der Waals surface area contributed by atoms with Crippen molar-refractivity contribution < 1.29 is 9.90 Å². The van der Waals surface area contributed by atoms with Gasteiger partial charge in [-0.1, -0.05) is 0 Å². The Morgan fingerprint density at radius 3 is 2.67 bits per heavy atom. The normalized spacial score (nSPS) is 10.9. The third kappa shape index (κ3) is 1.29. The molecule has 0 saturated carbocycles. The Hall–Kier alpha value is -1.84. The molecule has 0 saturated heterocycles. The van der Waals surface area contributed by atoms with Gasteiger partial charge in [0.25, 0.3) is 0 Å². The number of carbonyl (C=O) groups is 1. The van der Waals surface area contributed by atoms with E-state index in [0.29, 0.717) is 5.69 Å². The van der Waals surface area contributed by atoms with Crippen molar-refractivity contribution in [3.63, 3.8) is 0 Å². The third-order valence-corrected chi connectivity index (χ3v) is 2.69. The van der Waals surface area contributed by atoms with Crippen molar-refractivity contribution in [3.8, 4) is 0 Å². The molecule has 0 bridgehead atoms. The van der Waals surface area contributed by atoms with Crippen LogP contribution in [0.1, 0.15) is 27.3 Å². The van der Waals surface area contributed by atoms with Crippen molar-refractivity contribution in [2.75, 3.05) is 0 Å². The molecule has 0 atom stereocenters. The molecule has 2 rings (SSSR count). The SMILES string of the molecule is Cc1ccn2c(C(=O)O)c(C)nc2c1C. The van der Waals surface area contributed by atoms with Crippen LogP contribution in [0.3, 0.4) is 0 Å². The molecule has 0 spiro atoms. The highest BCUT2D eigenvalue weighted by molar-refractivity contribution is 5.88. The van der Waals surface area contributed by atoms with E-state index in [1.807, 2.05) is 19.9 Å². The zero-order valence-corrected chi connectivity index (χ0v) is 8.90. The van der Waals surface area contributed by atoms with Gasteiger partial charge in [-0.05, 0) is 38.0 Å². The molecule has 4 nitrogen and oxygen atoms in total. The lowest BCUT2D eigenvalue weighted by Gasteiger charge is -2.02. The molecule has 1 N–H and O–H groups in total. The number of aromatic carboxylic acids is 1. The van der Waals surface area contributed by atoms with Crippen LogP contribution in [-0.4, -0.2) is 20.5 Å². The number of hydrogen-bond acceptors (Lipinski definition) is 2. The Morgan fingerprint density at radius 2 is 2.07 bits per heavy atom. The van der Waals surface area contributed by atoms with Gasteiger partial charge in [0.2, 0.25) is 0 Å². The molecule has 0 aliphatic carbocycles. The van der Waals surface area contributed by atoms with Gasteiger partial charge in [0.1, 0.15) is 5.65 Å². The number of fused-ring (bicyclic) bond motifs is 1. The molecule has 78 valence electrons. The quantitative estimate of drug-likeness (QED) is 0.772. The Morgan fingerprint density at radius 1 is 1.40 bits per heavy atom. The van der Waals surface area contributed by atoms with E-state index >= 15 is 0 Å². The standard InChI is InChI=1S/C11H12N2O2/c1-6-4-5-13-9(11(14)15)8(3)12-10(13)7(6)2/h4-5H,1-3H3,(H,14,15). The first-order valence-corrected chi connectivity index (χ1v) is 4.70. The Labute approximate surface area is 87.2 Å². The average molecular weight is 204 g/mol. The zero-order valence-electron chi connectivity index (χ0n) is 8.90. The second kappa shape index (κ2) is 3.08. The highest BCUT2D eigenvalue weighted by Gasteiger charge is 2.16. The summed E-state index contributed by atoms with van der Waals surface area (Å²) in [5.41, 5.74) is 3.66. The number of imidazole rings is 1. The summed E-state index contributed by atoms with van der Waals surface area (Å²) < 4.78 is 1.62. The number of carboxylic acids is 1. The molecule has 15 heavy (non-hydrogen) atoms. The minimum atomic E-state index is -0.941. The van der Waals surface area contributed by atoms with Gasteiger partial charge in [0.15, 0.2) is 5.69 Å². The third-order valence-electron chi connectivity index (χ3n) is 2.69. The molecule has 2 aromatic heterocycles. The summed E-state index contributed by atoms with van der Waals surface area (Å²) in [5.74, 6) is -0.941. The van der Waals surface area contributed by atoms with Gasteiger partial charge in [-0.2, -0.15) is 0 Å². The van der Waals surface area contributed by atoms with E-state index in [-0.39, 0.29) is 5.69 Å². The number of aryl methyl sites for hydroxylation is 3. The van der Waals surface area contributed by atoms with E-state index < -0.39 is 5.97 Å². The fraction of sp³-hybridized carbons (Fsp3) is 0.273. The Kier molecular flexibility index (Phi) is 2.00. The highest BCUT2D eigenvalue weighted by Crippen LogP contribution is 2.17. The number of aromatic nitrogens is 2. The van der Waals surface area contributed by atoms with Gasteiger partial charge in [-0.15, -0.1) is 0 Å². The molecular weight excluding hydrogens is 192 g/mol. The first-order valence-electron chi connectivity index (χ1n) is 4.70. The predicted molar refractivity (Wildman–Crippen MR) is 56.4 cm³/mol. The van der Waals surface area contributed by atoms with Crippen LogP contribution in [-0.2, 0) is 0 Å². The molecule has 0 aliphatic heterocycles. The van der Waals surface area contributed by atoms with Gasteiger partial charge < -0.3 is 5.11 Å². The van der Waals surface area contributed by atoms with E-state index in [4.69, 9.17) is 5.11 Å². The van der Waals surface area contributed by atoms with E-state index in [1.165, 1.54) is 0 Å². The summed E-state index contributed by atoms with van der Waals surface area (Å²) in [4.78, 5) is 15.3. The number of hydrogen-bond donors (Lipinski definition) is 1. The van der Waals surface area contributed by atoms with Crippen molar-refractivity contribution in [2.24, 2.45) is 0 Å². The van der Waals surface area contributed by atoms with Crippen molar-refractivity contribution in [3.05, 3.63) is 34.8 Å². The largest absolute Gasteiger partial charge is 0.477 e. The summed E-state index contributed by atoms with van der Waals surface area (Å²) in [7, 11) is 0. The molecule has 2 heterocycles. The summed E-state index contributed by atoms with van der Waals surface area (Å²) in [5, 5.41) is 9.05. The van der Waals surface area contributed by atoms with Crippen LogP contribution < -0.4 is 0 Å². The van der Waals surface area contributed by atoms with E-state index in [2.05, 4.69) is 4.98 Å². The predicted octanol–water partition coefficient (Wildman–Crippen LogP) is 1.96. The molecule has 0 unspecified atom stereocenters. The van der Waals surface area contributed by atoms with Crippen LogP contribution in [0.2, 0.25) is 0 Å². The van der Waals surface area contributed by atoms with E-state index in [0.717, 1.165) is 16.8 Å². The first kappa shape index (κ1) is 9.71. The van der Waals surface area contributed by atoms with E-state index in [1.54, 1.807) is 17.5 Å². The van der Waals surface area contributed by atoms with Crippen LogP contribution in [0.15, 0.2) is 12.3 Å². The molecule has 2 aromatic rings. The lowest BCUT2D eigenvalue weighted by molar-refractivity contribution is 0.0688. The summed E-state index contributed by atoms with van der Waals surface area (Å²) in [6.07, 6.45) is 1.75. The minimum absolute atomic E-state index is 0.244. The maximum atomic E-state index is 11.0. The molecule has 0 aromatic carbocycles. The maximum Gasteiger partial charge on any atom is 0.354 e. The van der Waals surface area contributed by atoms with Crippen LogP contribution >= 0.6 is 0 Å². The summed E-state index contributed by atoms with van der Waals surface area (Å²) in [6.45, 7) is 5.65. The lowest BCUT2D eigenvalue weighted by atomic mass is 10.2. The molecule has 0 fully saturated rings. The number of pyridine rings is 1. The average Bonchev–Trinajstić information content (AvgIpc) is 2.49. The van der Waals surface area contributed by atoms with Crippen molar-refractivity contribution in [1.29, 1.82) is 0 Å². The zero-order chi connectivity index (χ0) is 11.2. The van der Waals surface area contributed by atoms with E-state index in [9.17, 15) is 4.79 Å². The number of nitrogens with zero attached hydrogens (tertiary/aromatic N) is 2. The van der Waals surface area contributed by atoms with Crippen LogP contribution in [0, 0.1) is 20.8 Å². The second-order valence-electron chi connectivity index (χ2n) is 3.67. The van der Waals surface area contributed by atoms with Gasteiger partial charge >= 0.3 is 5.97 Å². The fourth-order valence-electron chi connectivity index (χ4n) is 1.70. The molecular formula is C11H12N2O2. The topological polar surface area (TPSA) is 54.6 Å². The Balaban J connectivity index is 2.91. The minimum Gasteiger partial charge on any atom is -0.477 e. The summed E-state index contributed by atoms with van der Waals surface area (Å²) >= 11 is 0. The summed E-state index contributed by atoms with van der Waals surface area (Å²) in [6, 6.07) is 1.90. The molecule has 4 heteroatoms. The molecule has 0 radical (unpaired) electrons. The van der Waals surface area contributed by atoms with Gasteiger partial charge in [0.05, 0.1) is 5.69 Å². The maximum absolute atomic E-state index is 11.0.